The number of carbonyl (C=O) groups excluding carboxylic acids is 1. The molecule has 0 spiro atoms. The molecule has 2 saturated heterocycles. The average molecular weight is 276 g/mol. The maximum Gasteiger partial charge on any atom is 0.219 e. The second-order valence-corrected chi connectivity index (χ2v) is 6.89. The molecule has 2 aliphatic heterocycles. The SMILES string of the molecule is CCC(C)(C)C#CC1CCN(C2CN(C(C)=O)C2)CC1. The van der Waals surface area contributed by atoms with Gasteiger partial charge in [-0.15, -0.1) is 0 Å². The summed E-state index contributed by atoms with van der Waals surface area (Å²) in [7, 11) is 0. The summed E-state index contributed by atoms with van der Waals surface area (Å²) in [6, 6.07) is 0.597. The average Bonchev–Trinajstić information content (AvgIpc) is 2.36. The number of nitrogens with zero attached hydrogens (tertiary/aromatic N) is 2. The minimum atomic E-state index is 0.160. The summed E-state index contributed by atoms with van der Waals surface area (Å²) in [6.07, 6.45) is 3.48. The summed E-state index contributed by atoms with van der Waals surface area (Å²) in [4.78, 5) is 15.7. The van der Waals surface area contributed by atoms with Crippen LogP contribution in [0.15, 0.2) is 0 Å². The van der Waals surface area contributed by atoms with Crippen molar-refractivity contribution in [3.05, 3.63) is 0 Å². The lowest BCUT2D eigenvalue weighted by molar-refractivity contribution is -0.136. The van der Waals surface area contributed by atoms with Crippen LogP contribution in [0.5, 0.6) is 0 Å². The van der Waals surface area contributed by atoms with Gasteiger partial charge in [-0.1, -0.05) is 18.8 Å². The summed E-state index contributed by atoms with van der Waals surface area (Å²) in [5.41, 5.74) is 0.160. The van der Waals surface area contributed by atoms with E-state index in [0.29, 0.717) is 12.0 Å². The van der Waals surface area contributed by atoms with E-state index < -0.39 is 0 Å². The highest BCUT2D eigenvalue weighted by Crippen LogP contribution is 2.24. The Morgan fingerprint density at radius 2 is 1.85 bits per heavy atom. The molecule has 20 heavy (non-hydrogen) atoms. The first-order valence-corrected chi connectivity index (χ1v) is 7.93. The molecule has 0 aromatic rings. The number of carbonyl (C=O) groups is 1. The first kappa shape index (κ1) is 15.4. The topological polar surface area (TPSA) is 23.6 Å². The van der Waals surface area contributed by atoms with Crippen LogP contribution in [-0.2, 0) is 4.79 Å². The molecule has 2 fully saturated rings. The highest BCUT2D eigenvalue weighted by atomic mass is 16.2. The molecule has 0 saturated carbocycles. The van der Waals surface area contributed by atoms with Crippen molar-refractivity contribution in [3.8, 4) is 11.8 Å². The Hall–Kier alpha value is -1.01. The number of likely N-dealkylation sites (tertiary alicyclic amines) is 2. The Balaban J connectivity index is 1.75. The van der Waals surface area contributed by atoms with Crippen molar-refractivity contribution in [1.29, 1.82) is 0 Å². The molecule has 2 rings (SSSR count). The van der Waals surface area contributed by atoms with Gasteiger partial charge in [0.05, 0.1) is 0 Å². The van der Waals surface area contributed by atoms with Crippen LogP contribution in [-0.4, -0.2) is 47.9 Å². The molecular formula is C17H28N2O. The maximum atomic E-state index is 11.2. The summed E-state index contributed by atoms with van der Waals surface area (Å²) in [5, 5.41) is 0. The molecule has 0 aromatic heterocycles. The van der Waals surface area contributed by atoms with Crippen LogP contribution in [0.3, 0.4) is 0 Å². The van der Waals surface area contributed by atoms with Crippen LogP contribution in [0.25, 0.3) is 0 Å². The molecule has 0 atom stereocenters. The molecule has 112 valence electrons. The van der Waals surface area contributed by atoms with E-state index >= 15 is 0 Å². The second kappa shape index (κ2) is 6.18. The molecule has 0 N–H and O–H groups in total. The van der Waals surface area contributed by atoms with Gasteiger partial charge in [0, 0.05) is 37.4 Å². The van der Waals surface area contributed by atoms with Gasteiger partial charge in [-0.3, -0.25) is 9.69 Å². The van der Waals surface area contributed by atoms with E-state index in [9.17, 15) is 4.79 Å². The van der Waals surface area contributed by atoms with Crippen LogP contribution in [0.1, 0.15) is 47.0 Å². The number of hydrogen-bond acceptors (Lipinski definition) is 2. The lowest BCUT2D eigenvalue weighted by Crippen LogP contribution is -2.61. The summed E-state index contributed by atoms with van der Waals surface area (Å²) >= 11 is 0. The quantitative estimate of drug-likeness (QED) is 0.723. The van der Waals surface area contributed by atoms with Crippen molar-refractivity contribution in [2.45, 2.75) is 53.0 Å². The molecule has 3 nitrogen and oxygen atoms in total. The van der Waals surface area contributed by atoms with Crippen molar-refractivity contribution in [1.82, 2.24) is 9.80 Å². The molecule has 0 aliphatic carbocycles. The van der Waals surface area contributed by atoms with Gasteiger partial charge in [0.2, 0.25) is 5.91 Å². The first-order chi connectivity index (χ1) is 9.41. The molecule has 0 aromatic carbocycles. The van der Waals surface area contributed by atoms with Crippen molar-refractivity contribution < 1.29 is 4.79 Å². The van der Waals surface area contributed by atoms with Crippen molar-refractivity contribution in [3.63, 3.8) is 0 Å². The van der Waals surface area contributed by atoms with Crippen molar-refractivity contribution >= 4 is 5.91 Å². The first-order valence-electron chi connectivity index (χ1n) is 7.93. The predicted molar refractivity (Wildman–Crippen MR) is 82.2 cm³/mol. The third kappa shape index (κ3) is 3.76. The molecule has 2 aliphatic rings. The summed E-state index contributed by atoms with van der Waals surface area (Å²) in [6.45, 7) is 12.4. The normalized spacial score (nSPS) is 22.1. The van der Waals surface area contributed by atoms with Gasteiger partial charge in [-0.05, 0) is 46.2 Å². The molecule has 0 unspecified atom stereocenters. The van der Waals surface area contributed by atoms with E-state index in [2.05, 4.69) is 37.5 Å². The zero-order chi connectivity index (χ0) is 14.8. The number of piperidine rings is 1. The fourth-order valence-corrected chi connectivity index (χ4v) is 2.74. The molecule has 3 heteroatoms. The van der Waals surface area contributed by atoms with E-state index in [0.717, 1.165) is 32.6 Å². The highest BCUT2D eigenvalue weighted by Gasteiger charge is 2.34. The number of amides is 1. The Morgan fingerprint density at radius 3 is 2.35 bits per heavy atom. The Bertz CT molecular complexity index is 404. The monoisotopic (exact) mass is 276 g/mol. The molecule has 2 heterocycles. The lowest BCUT2D eigenvalue weighted by Gasteiger charge is -2.47. The Kier molecular flexibility index (Phi) is 4.75. The fraction of sp³-hybridized carbons (Fsp3) is 0.824. The Labute approximate surface area is 123 Å². The predicted octanol–water partition coefficient (Wildman–Crippen LogP) is 2.37. The highest BCUT2D eigenvalue weighted by molar-refractivity contribution is 5.74. The van der Waals surface area contributed by atoms with Crippen molar-refractivity contribution in [2.75, 3.05) is 26.2 Å². The summed E-state index contributed by atoms with van der Waals surface area (Å²) < 4.78 is 0. The zero-order valence-electron chi connectivity index (χ0n) is 13.4. The van der Waals surface area contributed by atoms with Crippen LogP contribution < -0.4 is 0 Å². The van der Waals surface area contributed by atoms with Gasteiger partial charge in [0.25, 0.3) is 0 Å². The van der Waals surface area contributed by atoms with E-state index in [-0.39, 0.29) is 11.3 Å². The van der Waals surface area contributed by atoms with E-state index in [4.69, 9.17) is 0 Å². The molecule has 1 amide bonds. The van der Waals surface area contributed by atoms with Gasteiger partial charge in [-0.2, -0.15) is 0 Å². The Morgan fingerprint density at radius 1 is 1.25 bits per heavy atom. The molecule has 0 radical (unpaired) electrons. The van der Waals surface area contributed by atoms with Crippen LogP contribution in [0.4, 0.5) is 0 Å². The number of hydrogen-bond donors (Lipinski definition) is 0. The van der Waals surface area contributed by atoms with Gasteiger partial charge in [-0.25, -0.2) is 0 Å². The zero-order valence-corrected chi connectivity index (χ0v) is 13.4. The van der Waals surface area contributed by atoms with Gasteiger partial charge >= 0.3 is 0 Å². The van der Waals surface area contributed by atoms with Crippen LogP contribution in [0.2, 0.25) is 0 Å². The van der Waals surface area contributed by atoms with Crippen molar-refractivity contribution in [2.24, 2.45) is 11.3 Å². The summed E-state index contributed by atoms with van der Waals surface area (Å²) in [5.74, 6) is 7.73. The van der Waals surface area contributed by atoms with E-state index in [1.165, 1.54) is 12.8 Å². The van der Waals surface area contributed by atoms with E-state index in [1.54, 1.807) is 6.92 Å². The smallest absolute Gasteiger partial charge is 0.219 e. The van der Waals surface area contributed by atoms with Crippen LogP contribution >= 0.6 is 0 Å². The number of rotatable bonds is 2. The van der Waals surface area contributed by atoms with E-state index in [1.807, 2.05) is 4.90 Å². The minimum absolute atomic E-state index is 0.160. The van der Waals surface area contributed by atoms with Gasteiger partial charge in [0.1, 0.15) is 0 Å². The third-order valence-corrected chi connectivity index (χ3v) is 4.85. The van der Waals surface area contributed by atoms with Crippen LogP contribution in [0, 0.1) is 23.2 Å². The van der Waals surface area contributed by atoms with Gasteiger partial charge in [0.15, 0.2) is 0 Å². The third-order valence-electron chi connectivity index (χ3n) is 4.85. The standard InChI is InChI=1S/C17H28N2O/c1-5-17(3,4)9-6-15-7-10-18(11-8-15)16-12-19(13-16)14(2)20/h15-16H,5,7-8,10-13H2,1-4H3. The van der Waals surface area contributed by atoms with Gasteiger partial charge < -0.3 is 4.90 Å². The fourth-order valence-electron chi connectivity index (χ4n) is 2.74. The molecular weight excluding hydrogens is 248 g/mol. The largest absolute Gasteiger partial charge is 0.340 e. The second-order valence-electron chi connectivity index (χ2n) is 6.89. The lowest BCUT2D eigenvalue weighted by atomic mass is 9.88. The minimum Gasteiger partial charge on any atom is -0.340 e. The molecule has 0 bridgehead atoms. The maximum absolute atomic E-state index is 11.2.